The number of aryl methyl sites for hydroxylation is 1. The molecule has 1 amide bonds. The van der Waals surface area contributed by atoms with E-state index in [9.17, 15) is 4.79 Å². The van der Waals surface area contributed by atoms with E-state index in [1.807, 2.05) is 17.6 Å². The van der Waals surface area contributed by atoms with E-state index >= 15 is 0 Å². The minimum Gasteiger partial charge on any atom is -0.370 e. The molecule has 1 unspecified atom stereocenters. The molecule has 1 aliphatic heterocycles. The highest BCUT2D eigenvalue weighted by atomic mass is 32.1. The maximum absolute atomic E-state index is 11.1. The highest BCUT2D eigenvalue weighted by molar-refractivity contribution is 7.13. The van der Waals surface area contributed by atoms with Gasteiger partial charge in [0, 0.05) is 38.1 Å². The molecule has 0 spiro atoms. The van der Waals surface area contributed by atoms with Crippen LogP contribution in [0, 0.1) is 12.8 Å². The molecule has 6 nitrogen and oxygen atoms in total. The number of thiazole rings is 1. The van der Waals surface area contributed by atoms with Crippen LogP contribution in [-0.2, 0) is 11.3 Å². The second-order valence-electron chi connectivity index (χ2n) is 6.31. The molecule has 1 atom stereocenters. The lowest BCUT2D eigenvalue weighted by atomic mass is 10.1. The van der Waals surface area contributed by atoms with Gasteiger partial charge in [-0.05, 0) is 43.5 Å². The lowest BCUT2D eigenvalue weighted by Gasteiger charge is -2.15. The van der Waals surface area contributed by atoms with Gasteiger partial charge in [-0.3, -0.25) is 9.69 Å². The van der Waals surface area contributed by atoms with Gasteiger partial charge in [0.05, 0.1) is 5.69 Å². The molecule has 24 heavy (non-hydrogen) atoms. The van der Waals surface area contributed by atoms with E-state index in [1.165, 1.54) is 30.2 Å². The number of hydrogen-bond acceptors (Lipinski definition) is 6. The molecule has 0 bridgehead atoms. The fraction of sp³-hybridized carbons (Fsp3) is 0.471. The van der Waals surface area contributed by atoms with E-state index in [2.05, 4.69) is 38.5 Å². The molecule has 7 heteroatoms. The van der Waals surface area contributed by atoms with Gasteiger partial charge in [0.1, 0.15) is 5.82 Å². The molecule has 2 aromatic heterocycles. The van der Waals surface area contributed by atoms with Crippen molar-refractivity contribution in [3.63, 3.8) is 0 Å². The van der Waals surface area contributed by atoms with Crippen molar-refractivity contribution in [3.05, 3.63) is 35.0 Å². The first-order valence-corrected chi connectivity index (χ1v) is 9.07. The van der Waals surface area contributed by atoms with Gasteiger partial charge in [-0.25, -0.2) is 9.97 Å². The molecule has 1 fully saturated rings. The Morgan fingerprint density at radius 2 is 2.38 bits per heavy atom. The summed E-state index contributed by atoms with van der Waals surface area (Å²) >= 11 is 1.48. The van der Waals surface area contributed by atoms with Gasteiger partial charge in [0.2, 0.25) is 5.91 Å². The number of pyridine rings is 1. The molecule has 0 saturated carbocycles. The van der Waals surface area contributed by atoms with Crippen molar-refractivity contribution in [2.24, 2.45) is 5.92 Å². The predicted octanol–water partition coefficient (Wildman–Crippen LogP) is 2.74. The summed E-state index contributed by atoms with van der Waals surface area (Å²) in [6.07, 6.45) is 3.02. The molecule has 0 radical (unpaired) electrons. The second-order valence-corrected chi connectivity index (χ2v) is 7.17. The molecule has 1 saturated heterocycles. The number of amides is 1. The Morgan fingerprint density at radius 1 is 1.50 bits per heavy atom. The third-order valence-electron chi connectivity index (χ3n) is 4.08. The van der Waals surface area contributed by atoms with E-state index in [-0.39, 0.29) is 5.91 Å². The smallest absolute Gasteiger partial charge is 0.223 e. The maximum Gasteiger partial charge on any atom is 0.223 e. The zero-order valence-corrected chi connectivity index (χ0v) is 14.9. The topological polar surface area (TPSA) is 70.2 Å². The van der Waals surface area contributed by atoms with Crippen LogP contribution in [0.4, 0.5) is 10.9 Å². The number of likely N-dealkylation sites (tertiary alicyclic amines) is 1. The highest BCUT2D eigenvalue weighted by Gasteiger charge is 2.23. The molecule has 3 rings (SSSR count). The fourth-order valence-corrected chi connectivity index (χ4v) is 3.67. The minimum atomic E-state index is -0.0760. The van der Waals surface area contributed by atoms with Gasteiger partial charge in [-0.2, -0.15) is 0 Å². The first-order chi connectivity index (χ1) is 11.6. The summed E-state index contributed by atoms with van der Waals surface area (Å²) < 4.78 is 0. The van der Waals surface area contributed by atoms with Gasteiger partial charge in [-0.15, -0.1) is 11.3 Å². The lowest BCUT2D eigenvalue weighted by Crippen LogP contribution is -2.23. The molecular weight excluding hydrogens is 322 g/mol. The first kappa shape index (κ1) is 16.9. The Hall–Kier alpha value is -1.99. The van der Waals surface area contributed by atoms with Crippen molar-refractivity contribution < 1.29 is 4.79 Å². The molecule has 2 aromatic rings. The van der Waals surface area contributed by atoms with Crippen molar-refractivity contribution >= 4 is 28.2 Å². The molecule has 0 aliphatic carbocycles. The van der Waals surface area contributed by atoms with Gasteiger partial charge in [0.15, 0.2) is 5.13 Å². The molecule has 128 valence electrons. The summed E-state index contributed by atoms with van der Waals surface area (Å²) in [5, 5.41) is 8.88. The molecule has 2 N–H and O–H groups in total. The Bertz CT molecular complexity index is 702. The number of aromatic nitrogens is 2. The summed E-state index contributed by atoms with van der Waals surface area (Å²) in [5.41, 5.74) is 2.25. The van der Waals surface area contributed by atoms with Crippen LogP contribution in [0.25, 0.3) is 0 Å². The Kier molecular flexibility index (Phi) is 5.42. The van der Waals surface area contributed by atoms with Crippen LogP contribution >= 0.6 is 11.3 Å². The van der Waals surface area contributed by atoms with E-state index in [0.29, 0.717) is 11.0 Å². The standard InChI is InChI=1S/C17H23N5OS/c1-12-3-5-18-16(7-12)19-8-14-4-6-22(9-14)10-15-11-24-17(21-15)20-13(2)23/h3,5,7,11,14H,4,6,8-10H2,1-2H3,(H,18,19)(H,20,21,23). The number of hydrogen-bond donors (Lipinski definition) is 2. The molecule has 0 aromatic carbocycles. The van der Waals surface area contributed by atoms with Crippen molar-refractivity contribution in [2.75, 3.05) is 30.3 Å². The quantitative estimate of drug-likeness (QED) is 0.842. The fourth-order valence-electron chi connectivity index (χ4n) is 2.92. The van der Waals surface area contributed by atoms with E-state index in [0.717, 1.165) is 37.7 Å². The van der Waals surface area contributed by atoms with E-state index < -0.39 is 0 Å². The Labute approximate surface area is 146 Å². The lowest BCUT2D eigenvalue weighted by molar-refractivity contribution is -0.114. The second kappa shape index (κ2) is 7.72. The van der Waals surface area contributed by atoms with Crippen LogP contribution in [-0.4, -0.2) is 40.4 Å². The third kappa shape index (κ3) is 4.75. The van der Waals surface area contributed by atoms with Crippen molar-refractivity contribution in [3.8, 4) is 0 Å². The largest absolute Gasteiger partial charge is 0.370 e. The van der Waals surface area contributed by atoms with E-state index in [4.69, 9.17) is 0 Å². The average Bonchev–Trinajstić information content (AvgIpc) is 3.15. The molecular formula is C17H23N5OS. The van der Waals surface area contributed by atoms with Crippen molar-refractivity contribution in [1.29, 1.82) is 0 Å². The Balaban J connectivity index is 1.45. The number of carbonyl (C=O) groups is 1. The normalized spacial score (nSPS) is 17.8. The number of nitrogens with one attached hydrogen (secondary N) is 2. The van der Waals surface area contributed by atoms with Crippen LogP contribution in [0.1, 0.15) is 24.6 Å². The van der Waals surface area contributed by atoms with Crippen LogP contribution in [0.5, 0.6) is 0 Å². The minimum absolute atomic E-state index is 0.0760. The summed E-state index contributed by atoms with van der Waals surface area (Å²) in [4.78, 5) is 22.3. The number of anilines is 2. The van der Waals surface area contributed by atoms with E-state index in [1.54, 1.807) is 0 Å². The zero-order valence-electron chi connectivity index (χ0n) is 14.1. The zero-order chi connectivity index (χ0) is 16.9. The SMILES string of the molecule is CC(=O)Nc1nc(CN2CCC(CNc3cc(C)ccn3)C2)cs1. The number of carbonyl (C=O) groups excluding carboxylic acids is 1. The highest BCUT2D eigenvalue weighted by Crippen LogP contribution is 2.22. The van der Waals surface area contributed by atoms with Gasteiger partial charge < -0.3 is 10.6 Å². The first-order valence-electron chi connectivity index (χ1n) is 8.19. The third-order valence-corrected chi connectivity index (χ3v) is 4.88. The van der Waals surface area contributed by atoms with Gasteiger partial charge in [0.25, 0.3) is 0 Å². The number of rotatable bonds is 6. The summed E-state index contributed by atoms with van der Waals surface area (Å²) in [7, 11) is 0. The van der Waals surface area contributed by atoms with Gasteiger partial charge in [-0.1, -0.05) is 0 Å². The average molecular weight is 345 g/mol. The van der Waals surface area contributed by atoms with Crippen molar-refractivity contribution in [2.45, 2.75) is 26.8 Å². The van der Waals surface area contributed by atoms with Crippen molar-refractivity contribution in [1.82, 2.24) is 14.9 Å². The van der Waals surface area contributed by atoms with Crippen LogP contribution in [0.15, 0.2) is 23.7 Å². The summed E-state index contributed by atoms with van der Waals surface area (Å²) in [6.45, 7) is 7.51. The van der Waals surface area contributed by atoms with Crippen LogP contribution < -0.4 is 10.6 Å². The Morgan fingerprint density at radius 3 is 3.17 bits per heavy atom. The molecule has 1 aliphatic rings. The summed E-state index contributed by atoms with van der Waals surface area (Å²) in [6, 6.07) is 4.08. The predicted molar refractivity (Wildman–Crippen MR) is 97.3 cm³/mol. The maximum atomic E-state index is 11.1. The monoisotopic (exact) mass is 345 g/mol. The van der Waals surface area contributed by atoms with Crippen LogP contribution in [0.2, 0.25) is 0 Å². The number of nitrogens with zero attached hydrogens (tertiary/aromatic N) is 3. The molecule has 3 heterocycles. The van der Waals surface area contributed by atoms with Gasteiger partial charge >= 0.3 is 0 Å². The van der Waals surface area contributed by atoms with Crippen LogP contribution in [0.3, 0.4) is 0 Å². The summed E-state index contributed by atoms with van der Waals surface area (Å²) in [5.74, 6) is 1.50.